The van der Waals surface area contributed by atoms with Crippen LogP contribution in [-0.4, -0.2) is 66.1 Å². The minimum atomic E-state index is -0.0427. The van der Waals surface area contributed by atoms with Crippen molar-refractivity contribution in [1.29, 1.82) is 0 Å². The summed E-state index contributed by atoms with van der Waals surface area (Å²) in [5, 5.41) is 1.36. The molecule has 6 rings (SSSR count). The van der Waals surface area contributed by atoms with E-state index in [4.69, 9.17) is 4.74 Å². The highest BCUT2D eigenvalue weighted by atomic mass is 16.5. The van der Waals surface area contributed by atoms with E-state index in [0.29, 0.717) is 19.3 Å². The maximum atomic E-state index is 13.3. The zero-order valence-electron chi connectivity index (χ0n) is 16.2. The Morgan fingerprint density at radius 1 is 1.21 bits per heavy atom. The smallest absolute Gasteiger partial charge is 0.230 e. The topological polar surface area (TPSA) is 48.6 Å². The lowest BCUT2D eigenvalue weighted by molar-refractivity contribution is -0.139. The number of rotatable bonds is 3. The summed E-state index contributed by atoms with van der Waals surface area (Å²) in [6, 6.07) is 6.95. The predicted molar refractivity (Wildman–Crippen MR) is 109 cm³/mol. The van der Waals surface area contributed by atoms with Crippen molar-refractivity contribution >= 4 is 22.4 Å². The molecular weight excluding hydrogens is 350 g/mol. The van der Waals surface area contributed by atoms with E-state index in [-0.39, 0.29) is 11.8 Å². The molecule has 1 saturated heterocycles. The van der Waals surface area contributed by atoms with E-state index >= 15 is 0 Å². The fourth-order valence-corrected chi connectivity index (χ4v) is 5.33. The molecular formula is C23H27N3O2. The monoisotopic (exact) mass is 377 g/mol. The second-order valence-corrected chi connectivity index (χ2v) is 8.83. The number of hydrogen-bond donors (Lipinski definition) is 1. The molecule has 4 aliphatic rings. The number of nitrogens with zero attached hydrogens (tertiary/aromatic N) is 2. The average molecular weight is 377 g/mol. The molecule has 2 atom stereocenters. The fourth-order valence-electron chi connectivity index (χ4n) is 5.33. The minimum absolute atomic E-state index is 0.0427. The number of amides is 1. The molecule has 0 unspecified atom stereocenters. The number of ether oxygens (including phenoxy) is 1. The third kappa shape index (κ3) is 2.72. The molecule has 0 radical (unpaired) electrons. The van der Waals surface area contributed by atoms with E-state index in [9.17, 15) is 4.79 Å². The number of carbonyl (C=O) groups excluding carboxylic acids is 1. The average Bonchev–Trinajstić information content (AvgIpc) is 3.47. The van der Waals surface area contributed by atoms with Gasteiger partial charge in [-0.1, -0.05) is 18.2 Å². The van der Waals surface area contributed by atoms with Crippen molar-refractivity contribution in [3.63, 3.8) is 0 Å². The number of H-pyrrole nitrogens is 1. The van der Waals surface area contributed by atoms with E-state index in [1.165, 1.54) is 40.4 Å². The third-order valence-corrected chi connectivity index (χ3v) is 6.95. The summed E-state index contributed by atoms with van der Waals surface area (Å²) < 4.78 is 5.45. The van der Waals surface area contributed by atoms with E-state index in [1.807, 2.05) is 4.90 Å². The number of aromatic nitrogens is 1. The van der Waals surface area contributed by atoms with Gasteiger partial charge >= 0.3 is 0 Å². The Kier molecular flexibility index (Phi) is 3.88. The number of fused-ring (bicyclic) bond motifs is 2. The lowest BCUT2D eigenvalue weighted by Crippen LogP contribution is -2.51. The molecule has 2 aliphatic heterocycles. The summed E-state index contributed by atoms with van der Waals surface area (Å²) in [6.07, 6.45) is 8.22. The molecule has 0 spiro atoms. The second-order valence-electron chi connectivity index (χ2n) is 8.83. The van der Waals surface area contributed by atoms with Gasteiger partial charge < -0.3 is 14.6 Å². The first-order valence-electron chi connectivity index (χ1n) is 10.7. The lowest BCUT2D eigenvalue weighted by atomic mass is 9.79. The van der Waals surface area contributed by atoms with E-state index in [2.05, 4.69) is 40.4 Å². The van der Waals surface area contributed by atoms with Crippen LogP contribution in [0, 0.1) is 11.8 Å². The van der Waals surface area contributed by atoms with Crippen LogP contribution in [0.5, 0.6) is 0 Å². The van der Waals surface area contributed by atoms with Crippen molar-refractivity contribution in [2.45, 2.75) is 25.3 Å². The maximum Gasteiger partial charge on any atom is 0.230 e. The Labute approximate surface area is 165 Å². The number of aromatic amines is 1. The SMILES string of the molecule is O=C([C@@H]1C=C2c3cccc4[nH]cc(c34)C[C@H]2N(CC2CC2)C1)N1CCOCC1. The van der Waals surface area contributed by atoms with Crippen LogP contribution in [0.15, 0.2) is 30.5 Å². The van der Waals surface area contributed by atoms with Gasteiger partial charge in [0.2, 0.25) is 5.91 Å². The Bertz CT molecular complexity index is 952. The summed E-state index contributed by atoms with van der Waals surface area (Å²) >= 11 is 0. The van der Waals surface area contributed by atoms with Gasteiger partial charge in [0.15, 0.2) is 0 Å². The van der Waals surface area contributed by atoms with Crippen molar-refractivity contribution in [2.75, 3.05) is 39.4 Å². The van der Waals surface area contributed by atoms with Gasteiger partial charge in [-0.25, -0.2) is 0 Å². The molecule has 2 fully saturated rings. The molecule has 1 N–H and O–H groups in total. The van der Waals surface area contributed by atoms with E-state index in [1.54, 1.807) is 0 Å². The van der Waals surface area contributed by atoms with Crippen LogP contribution >= 0.6 is 0 Å². The molecule has 1 amide bonds. The van der Waals surface area contributed by atoms with Crippen LogP contribution in [0.2, 0.25) is 0 Å². The second kappa shape index (κ2) is 6.46. The van der Waals surface area contributed by atoms with Crippen LogP contribution in [0.1, 0.15) is 24.0 Å². The van der Waals surface area contributed by atoms with Crippen molar-refractivity contribution in [3.05, 3.63) is 41.6 Å². The number of carbonyl (C=O) groups is 1. The molecule has 2 aromatic rings. The van der Waals surface area contributed by atoms with Gasteiger partial charge in [-0.2, -0.15) is 0 Å². The first kappa shape index (κ1) is 16.8. The first-order valence-corrected chi connectivity index (χ1v) is 10.7. The van der Waals surface area contributed by atoms with Crippen molar-refractivity contribution in [1.82, 2.24) is 14.8 Å². The zero-order chi connectivity index (χ0) is 18.7. The Morgan fingerprint density at radius 2 is 2.07 bits per heavy atom. The highest BCUT2D eigenvalue weighted by molar-refractivity contribution is 5.99. The van der Waals surface area contributed by atoms with Gasteiger partial charge in [0.25, 0.3) is 0 Å². The number of morpholine rings is 1. The van der Waals surface area contributed by atoms with Gasteiger partial charge in [0.1, 0.15) is 0 Å². The van der Waals surface area contributed by atoms with Crippen molar-refractivity contribution in [2.24, 2.45) is 11.8 Å². The molecule has 5 heteroatoms. The quantitative estimate of drug-likeness (QED) is 0.895. The first-order chi connectivity index (χ1) is 13.8. The van der Waals surface area contributed by atoms with Gasteiger partial charge in [-0.05, 0) is 47.9 Å². The maximum absolute atomic E-state index is 13.3. The Morgan fingerprint density at radius 3 is 2.89 bits per heavy atom. The van der Waals surface area contributed by atoms with Crippen LogP contribution in [0.25, 0.3) is 16.5 Å². The van der Waals surface area contributed by atoms with Crippen LogP contribution < -0.4 is 0 Å². The van der Waals surface area contributed by atoms with E-state index < -0.39 is 0 Å². The predicted octanol–water partition coefficient (Wildman–Crippen LogP) is 2.68. The number of nitrogens with one attached hydrogen (secondary N) is 1. The van der Waals surface area contributed by atoms with Crippen LogP contribution in [0.3, 0.4) is 0 Å². The highest BCUT2D eigenvalue weighted by Gasteiger charge is 2.40. The van der Waals surface area contributed by atoms with Gasteiger partial charge in [0.05, 0.1) is 19.1 Å². The van der Waals surface area contributed by atoms with Gasteiger partial charge in [0, 0.05) is 49.3 Å². The lowest BCUT2D eigenvalue weighted by Gasteiger charge is -2.43. The summed E-state index contributed by atoms with van der Waals surface area (Å²) in [5.41, 5.74) is 5.33. The standard InChI is InChI=1S/C23H27N3O2/c27-23(25-6-8-28-9-7-25)17-10-19-18-2-1-3-20-22(18)16(12-24-20)11-21(19)26(14-17)13-15-4-5-15/h1-3,10,12,15,17,21,24H,4-9,11,13-14H2/t17-,21-/m1/s1. The summed E-state index contributed by atoms with van der Waals surface area (Å²) in [4.78, 5) is 21.4. The van der Waals surface area contributed by atoms with Crippen molar-refractivity contribution < 1.29 is 9.53 Å². The number of benzene rings is 1. The molecule has 5 nitrogen and oxygen atoms in total. The number of hydrogen-bond acceptors (Lipinski definition) is 3. The summed E-state index contributed by atoms with van der Waals surface area (Å²) in [6.45, 7) is 4.76. The van der Waals surface area contributed by atoms with Crippen molar-refractivity contribution in [3.8, 4) is 0 Å². The van der Waals surface area contributed by atoms with Gasteiger partial charge in [-0.3, -0.25) is 9.69 Å². The van der Waals surface area contributed by atoms with Crippen LogP contribution in [0.4, 0.5) is 0 Å². The Hall–Kier alpha value is -2.11. The zero-order valence-corrected chi connectivity index (χ0v) is 16.2. The minimum Gasteiger partial charge on any atom is -0.378 e. The molecule has 1 saturated carbocycles. The summed E-state index contributed by atoms with van der Waals surface area (Å²) in [7, 11) is 0. The highest BCUT2D eigenvalue weighted by Crippen LogP contribution is 2.43. The fraction of sp³-hybridized carbons (Fsp3) is 0.522. The molecule has 2 aliphatic carbocycles. The third-order valence-electron chi connectivity index (χ3n) is 6.95. The molecule has 1 aromatic carbocycles. The van der Waals surface area contributed by atoms with Gasteiger partial charge in [-0.15, -0.1) is 0 Å². The Balaban J connectivity index is 1.40. The molecule has 146 valence electrons. The largest absolute Gasteiger partial charge is 0.378 e. The van der Waals surface area contributed by atoms with Crippen LogP contribution in [-0.2, 0) is 16.0 Å². The molecule has 1 aromatic heterocycles. The molecule has 3 heterocycles. The molecule has 28 heavy (non-hydrogen) atoms. The molecule has 0 bridgehead atoms. The normalized spacial score (nSPS) is 27.6. The summed E-state index contributed by atoms with van der Waals surface area (Å²) in [5.74, 6) is 1.06. The van der Waals surface area contributed by atoms with E-state index in [0.717, 1.165) is 38.5 Å².